The fraction of sp³-hybridized carbons (Fsp3) is 0.308. The quantitative estimate of drug-likeness (QED) is 0.587. The molecule has 3 N–H and O–H groups in total. The summed E-state index contributed by atoms with van der Waals surface area (Å²) in [5.41, 5.74) is 6.38. The second-order valence-corrected chi connectivity index (χ2v) is 4.36. The summed E-state index contributed by atoms with van der Waals surface area (Å²) in [7, 11) is 0. The first kappa shape index (κ1) is 13.9. The molecule has 0 unspecified atom stereocenters. The molecule has 0 bridgehead atoms. The van der Waals surface area contributed by atoms with E-state index < -0.39 is 17.7 Å². The standard InChI is InChI=1S/C13H15N3O4/c1-2-20-10-4-8(3-9(14)5-10)13(19)16-6-11(17)15-12(18)7-16/h3-5H,2,6-7,14H2,1H3,(H,15,17,18). The van der Waals surface area contributed by atoms with Crippen LogP contribution in [-0.4, -0.2) is 42.3 Å². The van der Waals surface area contributed by atoms with E-state index in [1.807, 2.05) is 6.92 Å². The number of carbonyl (C=O) groups excluding carboxylic acids is 3. The first-order valence-corrected chi connectivity index (χ1v) is 6.15. The molecule has 1 fully saturated rings. The number of nitrogens with zero attached hydrogens (tertiary/aromatic N) is 1. The van der Waals surface area contributed by atoms with Crippen molar-refractivity contribution in [2.75, 3.05) is 25.4 Å². The number of piperazine rings is 1. The normalized spacial score (nSPS) is 14.9. The van der Waals surface area contributed by atoms with Crippen molar-refractivity contribution in [3.63, 3.8) is 0 Å². The minimum absolute atomic E-state index is 0.149. The fourth-order valence-electron chi connectivity index (χ4n) is 1.96. The molecule has 1 heterocycles. The van der Waals surface area contributed by atoms with Gasteiger partial charge in [0.05, 0.1) is 6.61 Å². The molecular weight excluding hydrogens is 262 g/mol. The molecule has 7 nitrogen and oxygen atoms in total. The van der Waals surface area contributed by atoms with Crippen molar-refractivity contribution in [3.8, 4) is 5.75 Å². The van der Waals surface area contributed by atoms with E-state index in [0.717, 1.165) is 0 Å². The van der Waals surface area contributed by atoms with Crippen LogP contribution in [-0.2, 0) is 9.59 Å². The zero-order valence-electron chi connectivity index (χ0n) is 11.0. The second-order valence-electron chi connectivity index (χ2n) is 4.36. The summed E-state index contributed by atoms with van der Waals surface area (Å²) < 4.78 is 5.31. The summed E-state index contributed by atoms with van der Waals surface area (Å²) >= 11 is 0. The molecule has 1 aliphatic heterocycles. The lowest BCUT2D eigenvalue weighted by atomic mass is 10.1. The highest BCUT2D eigenvalue weighted by Crippen LogP contribution is 2.20. The molecule has 0 spiro atoms. The highest BCUT2D eigenvalue weighted by Gasteiger charge is 2.27. The van der Waals surface area contributed by atoms with Gasteiger partial charge in [-0.1, -0.05) is 0 Å². The van der Waals surface area contributed by atoms with Crippen molar-refractivity contribution in [3.05, 3.63) is 23.8 Å². The Kier molecular flexibility index (Phi) is 3.88. The molecule has 0 aromatic heterocycles. The Hall–Kier alpha value is -2.57. The van der Waals surface area contributed by atoms with Crippen LogP contribution in [0.5, 0.6) is 5.75 Å². The van der Waals surface area contributed by atoms with E-state index in [0.29, 0.717) is 18.0 Å². The van der Waals surface area contributed by atoms with Crippen LogP contribution in [0.4, 0.5) is 5.69 Å². The molecule has 0 atom stereocenters. The lowest BCUT2D eigenvalue weighted by molar-refractivity contribution is -0.135. The lowest BCUT2D eigenvalue weighted by Gasteiger charge is -2.25. The van der Waals surface area contributed by atoms with E-state index >= 15 is 0 Å². The summed E-state index contributed by atoms with van der Waals surface area (Å²) in [5.74, 6) is -0.947. The van der Waals surface area contributed by atoms with E-state index in [-0.39, 0.29) is 18.7 Å². The number of nitrogens with one attached hydrogen (secondary N) is 1. The summed E-state index contributed by atoms with van der Waals surface area (Å²) in [6, 6.07) is 4.63. The number of anilines is 1. The van der Waals surface area contributed by atoms with Crippen molar-refractivity contribution < 1.29 is 19.1 Å². The minimum atomic E-state index is -0.497. The summed E-state index contributed by atoms with van der Waals surface area (Å²) in [6.07, 6.45) is 0. The Morgan fingerprint density at radius 2 is 1.95 bits per heavy atom. The predicted octanol–water partition coefficient (Wildman–Crippen LogP) is -0.234. The maximum absolute atomic E-state index is 12.3. The number of nitrogens with two attached hydrogens (primary N) is 1. The maximum Gasteiger partial charge on any atom is 0.255 e. The molecule has 0 saturated carbocycles. The predicted molar refractivity (Wildman–Crippen MR) is 71.1 cm³/mol. The molecule has 1 aliphatic rings. The van der Waals surface area contributed by atoms with Gasteiger partial charge in [0.1, 0.15) is 18.8 Å². The third-order valence-corrected chi connectivity index (χ3v) is 2.72. The van der Waals surface area contributed by atoms with Crippen LogP contribution in [0.1, 0.15) is 17.3 Å². The van der Waals surface area contributed by atoms with Crippen LogP contribution >= 0.6 is 0 Å². The van der Waals surface area contributed by atoms with Crippen molar-refractivity contribution in [1.82, 2.24) is 10.2 Å². The van der Waals surface area contributed by atoms with Gasteiger partial charge >= 0.3 is 0 Å². The molecular formula is C13H15N3O4. The van der Waals surface area contributed by atoms with E-state index in [9.17, 15) is 14.4 Å². The Balaban J connectivity index is 2.24. The fourth-order valence-corrected chi connectivity index (χ4v) is 1.96. The highest BCUT2D eigenvalue weighted by atomic mass is 16.5. The Morgan fingerprint density at radius 1 is 1.30 bits per heavy atom. The van der Waals surface area contributed by atoms with Gasteiger partial charge in [0.15, 0.2) is 0 Å². The van der Waals surface area contributed by atoms with Crippen molar-refractivity contribution in [2.45, 2.75) is 6.92 Å². The van der Waals surface area contributed by atoms with Crippen molar-refractivity contribution >= 4 is 23.4 Å². The Labute approximate surface area is 115 Å². The molecule has 7 heteroatoms. The van der Waals surface area contributed by atoms with Gasteiger partial charge in [0.2, 0.25) is 11.8 Å². The number of hydrogen-bond donors (Lipinski definition) is 2. The van der Waals surface area contributed by atoms with Gasteiger partial charge in [-0.25, -0.2) is 0 Å². The van der Waals surface area contributed by atoms with Crippen LogP contribution in [0, 0.1) is 0 Å². The zero-order chi connectivity index (χ0) is 14.7. The maximum atomic E-state index is 12.3. The van der Waals surface area contributed by atoms with Gasteiger partial charge in [-0.3, -0.25) is 19.7 Å². The van der Waals surface area contributed by atoms with Crippen LogP contribution in [0.15, 0.2) is 18.2 Å². The van der Waals surface area contributed by atoms with Gasteiger partial charge < -0.3 is 15.4 Å². The monoisotopic (exact) mass is 277 g/mol. The summed E-state index contributed by atoms with van der Waals surface area (Å²) in [5, 5.41) is 2.14. The number of carbonyl (C=O) groups is 3. The molecule has 1 saturated heterocycles. The molecule has 106 valence electrons. The van der Waals surface area contributed by atoms with Gasteiger partial charge in [-0.2, -0.15) is 0 Å². The van der Waals surface area contributed by atoms with Crippen molar-refractivity contribution in [2.24, 2.45) is 0 Å². The third-order valence-electron chi connectivity index (χ3n) is 2.72. The van der Waals surface area contributed by atoms with E-state index in [1.165, 1.54) is 11.0 Å². The summed E-state index contributed by atoms with van der Waals surface area (Å²) in [6.45, 7) is 1.96. The van der Waals surface area contributed by atoms with Gasteiger partial charge in [0, 0.05) is 17.3 Å². The van der Waals surface area contributed by atoms with Gasteiger partial charge in [-0.05, 0) is 19.1 Å². The number of amides is 3. The van der Waals surface area contributed by atoms with Gasteiger partial charge in [-0.15, -0.1) is 0 Å². The molecule has 1 aromatic rings. The smallest absolute Gasteiger partial charge is 0.255 e. The molecule has 3 amide bonds. The third kappa shape index (κ3) is 3.05. The number of imide groups is 1. The van der Waals surface area contributed by atoms with E-state index in [2.05, 4.69) is 5.32 Å². The van der Waals surface area contributed by atoms with Gasteiger partial charge in [0.25, 0.3) is 5.91 Å². The molecule has 0 aliphatic carbocycles. The van der Waals surface area contributed by atoms with Crippen LogP contribution in [0.25, 0.3) is 0 Å². The average molecular weight is 277 g/mol. The average Bonchev–Trinajstić information content (AvgIpc) is 2.36. The Bertz CT molecular complexity index is 555. The Morgan fingerprint density at radius 3 is 2.55 bits per heavy atom. The van der Waals surface area contributed by atoms with Crippen LogP contribution < -0.4 is 15.8 Å². The minimum Gasteiger partial charge on any atom is -0.494 e. The largest absolute Gasteiger partial charge is 0.494 e. The number of benzene rings is 1. The number of ether oxygens (including phenoxy) is 1. The zero-order valence-corrected chi connectivity index (χ0v) is 11.0. The number of nitrogen functional groups attached to an aromatic ring is 1. The molecule has 0 radical (unpaired) electrons. The molecule has 20 heavy (non-hydrogen) atoms. The first-order valence-electron chi connectivity index (χ1n) is 6.15. The summed E-state index contributed by atoms with van der Waals surface area (Å²) in [4.78, 5) is 36.0. The van der Waals surface area contributed by atoms with E-state index in [4.69, 9.17) is 10.5 Å². The van der Waals surface area contributed by atoms with Crippen LogP contribution in [0.3, 0.4) is 0 Å². The molecule has 2 rings (SSSR count). The SMILES string of the molecule is CCOc1cc(N)cc(C(=O)N2CC(=O)NC(=O)C2)c1. The highest BCUT2D eigenvalue weighted by molar-refractivity contribution is 6.06. The lowest BCUT2D eigenvalue weighted by Crippen LogP contribution is -2.53. The van der Waals surface area contributed by atoms with E-state index in [1.54, 1.807) is 12.1 Å². The second kappa shape index (κ2) is 5.60. The topological polar surface area (TPSA) is 102 Å². The number of hydrogen-bond acceptors (Lipinski definition) is 5. The van der Waals surface area contributed by atoms with Crippen LogP contribution in [0.2, 0.25) is 0 Å². The van der Waals surface area contributed by atoms with Crippen molar-refractivity contribution in [1.29, 1.82) is 0 Å². The number of rotatable bonds is 3. The first-order chi connectivity index (χ1) is 9.49. The molecule has 1 aromatic carbocycles.